The molecule has 7 atom stereocenters. The summed E-state index contributed by atoms with van der Waals surface area (Å²) in [5, 5.41) is 5.40. The molecular formula is C31H40N6O3. The van der Waals surface area contributed by atoms with Gasteiger partial charge in [-0.1, -0.05) is 37.8 Å². The van der Waals surface area contributed by atoms with E-state index in [-0.39, 0.29) is 23.3 Å². The number of carbonyl (C=O) groups excluding carboxylic acids is 2. The van der Waals surface area contributed by atoms with Crippen LogP contribution in [0.5, 0.6) is 0 Å². The lowest BCUT2D eigenvalue weighted by molar-refractivity contribution is -0.119. The summed E-state index contributed by atoms with van der Waals surface area (Å²) in [6.45, 7) is 1.40. The van der Waals surface area contributed by atoms with Crippen LogP contribution in [0.25, 0.3) is 11.0 Å². The van der Waals surface area contributed by atoms with Gasteiger partial charge in [-0.05, 0) is 75.0 Å². The van der Waals surface area contributed by atoms with Crippen molar-refractivity contribution in [3.8, 4) is 0 Å². The van der Waals surface area contributed by atoms with Crippen LogP contribution in [0, 0.1) is 11.8 Å². The monoisotopic (exact) mass is 544 g/mol. The van der Waals surface area contributed by atoms with Gasteiger partial charge in [-0.3, -0.25) is 14.5 Å². The zero-order valence-corrected chi connectivity index (χ0v) is 23.3. The molecule has 4 fully saturated rings. The van der Waals surface area contributed by atoms with Crippen LogP contribution in [0.2, 0.25) is 0 Å². The van der Waals surface area contributed by atoms with Gasteiger partial charge in [0.2, 0.25) is 11.7 Å². The summed E-state index contributed by atoms with van der Waals surface area (Å²) in [7, 11) is 0. The van der Waals surface area contributed by atoms with Crippen LogP contribution in [0.3, 0.4) is 0 Å². The summed E-state index contributed by atoms with van der Waals surface area (Å²) in [6.07, 6.45) is 16.5. The molecule has 9 heteroatoms. The van der Waals surface area contributed by atoms with E-state index in [1.165, 1.54) is 69.6 Å². The van der Waals surface area contributed by atoms with Crippen molar-refractivity contribution >= 4 is 28.8 Å². The molecule has 2 saturated carbocycles. The number of urea groups is 1. The van der Waals surface area contributed by atoms with E-state index in [9.17, 15) is 14.4 Å². The number of piperidine rings is 2. The van der Waals surface area contributed by atoms with Crippen molar-refractivity contribution in [1.29, 1.82) is 0 Å². The highest BCUT2D eigenvalue weighted by Gasteiger charge is 2.45. The van der Waals surface area contributed by atoms with Crippen molar-refractivity contribution in [2.45, 2.75) is 108 Å². The third-order valence-electron chi connectivity index (χ3n) is 10.2. The maximum absolute atomic E-state index is 14.2. The Morgan fingerprint density at radius 2 is 1.60 bits per heavy atom. The van der Waals surface area contributed by atoms with Gasteiger partial charge in [-0.2, -0.15) is 0 Å². The maximum Gasteiger partial charge on any atom is 0.329 e. The molecule has 4 bridgehead atoms. The average molecular weight is 545 g/mol. The number of anilines is 1. The number of aromatic nitrogens is 2. The number of amides is 3. The maximum atomic E-state index is 14.2. The molecule has 2 aliphatic carbocycles. The van der Waals surface area contributed by atoms with Gasteiger partial charge in [-0.15, -0.1) is 0 Å². The Balaban J connectivity index is 1.22. The summed E-state index contributed by atoms with van der Waals surface area (Å²) in [6, 6.07) is 9.06. The smallest absolute Gasteiger partial charge is 0.329 e. The molecule has 2 aromatic rings. The molecule has 4 heterocycles. The number of fused-ring (bicyclic) bond motifs is 5. The number of nitrogens with zero attached hydrogens (tertiary/aromatic N) is 4. The minimum atomic E-state index is -0.619. The highest BCUT2D eigenvalue weighted by molar-refractivity contribution is 5.95. The number of hydrogen-bond acceptors (Lipinski definition) is 5. The van der Waals surface area contributed by atoms with E-state index in [1.807, 2.05) is 28.8 Å². The lowest BCUT2D eigenvalue weighted by Crippen LogP contribution is -2.59. The number of carbonyl (C=O) groups is 2. The van der Waals surface area contributed by atoms with Crippen LogP contribution in [0.15, 0.2) is 41.3 Å². The third kappa shape index (κ3) is 4.62. The SMILES string of the molecule is CC(=O)NC1C=CN(c2nc3ccccc3n([C@H]3C[C@H]4CCC[C@@H](C3)N4[C@H]3C[C@@H]4CCC[C@@H](C4)C3)c2=O)C(=O)N1. The number of nitrogens with one attached hydrogen (secondary N) is 2. The third-order valence-corrected chi connectivity index (χ3v) is 10.2. The van der Waals surface area contributed by atoms with Crippen molar-refractivity contribution in [3.05, 3.63) is 46.9 Å². The molecule has 9 nitrogen and oxygen atoms in total. The Morgan fingerprint density at radius 3 is 2.30 bits per heavy atom. The minimum absolute atomic E-state index is 0.0674. The van der Waals surface area contributed by atoms with E-state index in [1.54, 1.807) is 12.3 Å². The predicted octanol–water partition coefficient (Wildman–Crippen LogP) is 4.43. The summed E-state index contributed by atoms with van der Waals surface area (Å²) >= 11 is 0. The van der Waals surface area contributed by atoms with Crippen molar-refractivity contribution < 1.29 is 9.59 Å². The van der Waals surface area contributed by atoms with E-state index in [2.05, 4.69) is 20.5 Å². The largest absolute Gasteiger partial charge is 0.333 e. The zero-order valence-electron chi connectivity index (χ0n) is 23.3. The van der Waals surface area contributed by atoms with Crippen molar-refractivity contribution in [1.82, 2.24) is 25.1 Å². The topological polar surface area (TPSA) is 99.6 Å². The molecule has 3 aliphatic heterocycles. The zero-order chi connectivity index (χ0) is 27.4. The highest BCUT2D eigenvalue weighted by Crippen LogP contribution is 2.47. The molecular weight excluding hydrogens is 504 g/mol. The Hall–Kier alpha value is -3.20. The van der Waals surface area contributed by atoms with Gasteiger partial charge < -0.3 is 15.2 Å². The van der Waals surface area contributed by atoms with Crippen molar-refractivity contribution in [2.24, 2.45) is 11.8 Å². The average Bonchev–Trinajstić information content (AvgIpc) is 2.92. The predicted molar refractivity (Wildman–Crippen MR) is 154 cm³/mol. The molecule has 212 valence electrons. The molecule has 2 saturated heterocycles. The van der Waals surface area contributed by atoms with E-state index < -0.39 is 12.2 Å². The second-order valence-corrected chi connectivity index (χ2v) is 12.8. The minimum Gasteiger partial charge on any atom is -0.333 e. The van der Waals surface area contributed by atoms with Crippen LogP contribution in [0.4, 0.5) is 10.6 Å². The first-order chi connectivity index (χ1) is 19.4. The number of para-hydroxylation sites is 2. The summed E-state index contributed by atoms with van der Waals surface area (Å²) in [4.78, 5) is 47.5. The lowest BCUT2D eigenvalue weighted by atomic mass is 9.68. The van der Waals surface area contributed by atoms with Gasteiger partial charge >= 0.3 is 6.03 Å². The van der Waals surface area contributed by atoms with Crippen LogP contribution < -0.4 is 21.1 Å². The molecule has 0 radical (unpaired) electrons. The lowest BCUT2D eigenvalue weighted by Gasteiger charge is -2.55. The van der Waals surface area contributed by atoms with Gasteiger partial charge in [0.15, 0.2) is 0 Å². The van der Waals surface area contributed by atoms with Crippen LogP contribution in [0.1, 0.15) is 83.6 Å². The van der Waals surface area contributed by atoms with Crippen LogP contribution in [-0.2, 0) is 4.79 Å². The fourth-order valence-corrected chi connectivity index (χ4v) is 8.76. The molecule has 1 aromatic carbocycles. The van der Waals surface area contributed by atoms with Crippen LogP contribution >= 0.6 is 0 Å². The first-order valence-corrected chi connectivity index (χ1v) is 15.3. The number of rotatable bonds is 4. The van der Waals surface area contributed by atoms with E-state index in [0.29, 0.717) is 23.6 Å². The molecule has 1 aromatic heterocycles. The fourth-order valence-electron chi connectivity index (χ4n) is 8.76. The first kappa shape index (κ1) is 25.7. The van der Waals surface area contributed by atoms with Crippen LogP contribution in [-0.4, -0.2) is 50.7 Å². The molecule has 1 unspecified atom stereocenters. The van der Waals surface area contributed by atoms with Gasteiger partial charge in [0.05, 0.1) is 11.0 Å². The van der Waals surface area contributed by atoms with Gasteiger partial charge in [-0.25, -0.2) is 14.7 Å². The van der Waals surface area contributed by atoms with Gasteiger partial charge in [0, 0.05) is 37.3 Å². The van der Waals surface area contributed by atoms with E-state index >= 15 is 0 Å². The quantitative estimate of drug-likeness (QED) is 0.593. The summed E-state index contributed by atoms with van der Waals surface area (Å²) in [5.41, 5.74) is 1.30. The van der Waals surface area contributed by atoms with E-state index in [0.717, 1.165) is 30.2 Å². The van der Waals surface area contributed by atoms with Gasteiger partial charge in [0.1, 0.15) is 6.17 Å². The second-order valence-electron chi connectivity index (χ2n) is 12.8. The Labute approximate surface area is 235 Å². The molecule has 40 heavy (non-hydrogen) atoms. The Kier molecular flexibility index (Phi) is 6.65. The Morgan fingerprint density at radius 1 is 0.900 bits per heavy atom. The molecule has 3 amide bonds. The summed E-state index contributed by atoms with van der Waals surface area (Å²) < 4.78 is 1.94. The normalized spacial score (nSPS) is 34.0. The second kappa shape index (κ2) is 10.3. The molecule has 0 spiro atoms. The van der Waals surface area contributed by atoms with E-state index in [4.69, 9.17) is 0 Å². The number of benzene rings is 1. The summed E-state index contributed by atoms with van der Waals surface area (Å²) in [5.74, 6) is 1.66. The molecule has 5 aliphatic rings. The van der Waals surface area contributed by atoms with Crippen molar-refractivity contribution in [2.75, 3.05) is 4.90 Å². The first-order valence-electron chi connectivity index (χ1n) is 15.3. The Bertz CT molecular complexity index is 1380. The fraction of sp³-hybridized carbons (Fsp3) is 0.613. The standard InChI is InChI=1S/C31H40N6O3/c1-19(38)32-28-12-13-35(31(40)34-28)29-30(39)37(27-11-3-2-10-26(27)33-29)25-17-22-8-5-9-23(18-25)36(22)24-15-20-6-4-7-21(14-20)16-24/h2-3,10-13,20-25,28H,4-9,14-18H2,1H3,(H,32,38)(H,34,40)/t20-,21+,22-,23+,24+,25+,28?. The molecule has 2 N–H and O–H groups in total. The van der Waals surface area contributed by atoms with Crippen molar-refractivity contribution in [3.63, 3.8) is 0 Å². The molecule has 7 rings (SSSR count). The number of hydrogen-bond donors (Lipinski definition) is 2. The van der Waals surface area contributed by atoms with Gasteiger partial charge in [0.25, 0.3) is 5.56 Å². The highest BCUT2D eigenvalue weighted by atomic mass is 16.2.